The van der Waals surface area contributed by atoms with Crippen LogP contribution in [-0.4, -0.2) is 49.3 Å². The number of hydrogen-bond acceptors (Lipinski definition) is 8. The number of nitrogens with two attached hydrogens (primary N) is 1. The van der Waals surface area contributed by atoms with Crippen LogP contribution >= 0.6 is 7.82 Å². The maximum absolute atomic E-state index is 12.7. The van der Waals surface area contributed by atoms with Crippen LogP contribution in [0.4, 0.5) is 0 Å². The van der Waals surface area contributed by atoms with Crippen LogP contribution in [0.15, 0.2) is 85.1 Å². The standard InChI is InChI=1S/C55H96NO8P/c1-3-5-7-9-11-13-15-17-19-21-23-25-26-28-30-32-34-36-38-40-42-44-46-48-55(58)64-53(52-63-65(59,60)62-50-49-56)51-61-54(57)47-45-43-41-39-37-35-33-31-29-27-24-22-20-18-16-14-12-10-8-6-4-2/h5,7,11,13,16-19,22-25,28,30,53H,3-4,6,8-10,12,14-15,20-21,26-27,29,31-52,56H2,1-2H3,(H,59,60)/b7-5-,13-11-,18-16-,19-17-,24-22-,25-23-,30-28-. The zero-order valence-corrected chi connectivity index (χ0v) is 42.3. The normalized spacial score (nSPS) is 13.8. The maximum atomic E-state index is 12.7. The summed E-state index contributed by atoms with van der Waals surface area (Å²) in [6.07, 6.45) is 64.7. The molecule has 3 N–H and O–H groups in total. The van der Waals surface area contributed by atoms with Gasteiger partial charge in [-0.05, 0) is 89.9 Å². The van der Waals surface area contributed by atoms with Crippen LogP contribution in [0, 0.1) is 0 Å². The Morgan fingerprint density at radius 1 is 0.477 bits per heavy atom. The van der Waals surface area contributed by atoms with Crippen LogP contribution in [-0.2, 0) is 32.7 Å². The van der Waals surface area contributed by atoms with Gasteiger partial charge in [0, 0.05) is 19.4 Å². The first kappa shape index (κ1) is 62.2. The van der Waals surface area contributed by atoms with Crippen LogP contribution in [0.2, 0.25) is 0 Å². The van der Waals surface area contributed by atoms with E-state index in [2.05, 4.69) is 98.9 Å². The van der Waals surface area contributed by atoms with Gasteiger partial charge in [0.15, 0.2) is 6.10 Å². The van der Waals surface area contributed by atoms with Gasteiger partial charge in [-0.2, -0.15) is 0 Å². The van der Waals surface area contributed by atoms with E-state index in [0.717, 1.165) is 96.3 Å². The van der Waals surface area contributed by atoms with Gasteiger partial charge in [0.25, 0.3) is 0 Å². The van der Waals surface area contributed by atoms with Gasteiger partial charge in [-0.3, -0.25) is 18.6 Å². The molecule has 9 nitrogen and oxygen atoms in total. The number of phosphoric acid groups is 1. The highest BCUT2D eigenvalue weighted by Crippen LogP contribution is 2.43. The number of phosphoric ester groups is 1. The molecule has 65 heavy (non-hydrogen) atoms. The van der Waals surface area contributed by atoms with Crippen molar-refractivity contribution >= 4 is 19.8 Å². The summed E-state index contributed by atoms with van der Waals surface area (Å²) in [5.41, 5.74) is 5.37. The molecule has 2 atom stereocenters. The zero-order chi connectivity index (χ0) is 47.4. The number of carbonyl (C=O) groups is 2. The molecule has 0 aliphatic carbocycles. The second kappa shape index (κ2) is 50.6. The van der Waals surface area contributed by atoms with Crippen LogP contribution in [0.1, 0.15) is 219 Å². The van der Waals surface area contributed by atoms with Gasteiger partial charge in [-0.1, -0.05) is 202 Å². The summed E-state index contributed by atoms with van der Waals surface area (Å²) < 4.78 is 32.9. The molecule has 0 aliphatic rings. The first-order valence-electron chi connectivity index (χ1n) is 26.1. The Balaban J connectivity index is 4.10. The van der Waals surface area contributed by atoms with E-state index in [1.165, 1.54) is 89.9 Å². The minimum absolute atomic E-state index is 0.0467. The van der Waals surface area contributed by atoms with E-state index in [4.69, 9.17) is 24.3 Å². The Labute approximate surface area is 398 Å². The molecule has 0 aromatic rings. The topological polar surface area (TPSA) is 134 Å². The molecule has 0 bridgehead atoms. The van der Waals surface area contributed by atoms with Crippen LogP contribution in [0.3, 0.4) is 0 Å². The van der Waals surface area contributed by atoms with Gasteiger partial charge >= 0.3 is 19.8 Å². The van der Waals surface area contributed by atoms with Gasteiger partial charge < -0.3 is 20.1 Å². The van der Waals surface area contributed by atoms with Crippen LogP contribution < -0.4 is 5.73 Å². The number of hydrogen-bond donors (Lipinski definition) is 2. The third-order valence-electron chi connectivity index (χ3n) is 10.8. The largest absolute Gasteiger partial charge is 0.472 e. The number of allylic oxidation sites excluding steroid dienone is 14. The Hall–Kier alpha value is -2.81. The Bertz CT molecular complexity index is 1340. The lowest BCUT2D eigenvalue weighted by Gasteiger charge is -2.19. The molecule has 0 aromatic heterocycles. The summed E-state index contributed by atoms with van der Waals surface area (Å²) in [6, 6.07) is 0. The SMILES string of the molecule is CC/C=C\C/C=C\C/C=C\C/C=C\C/C=C\CCCCCCCCCC(=O)OC(COC(=O)CCCCCCCCCCC/C=C\C/C=C\CCCCCCC)COP(=O)(O)OCCN. The highest BCUT2D eigenvalue weighted by atomic mass is 31.2. The summed E-state index contributed by atoms with van der Waals surface area (Å²) in [5.74, 6) is -0.848. The minimum Gasteiger partial charge on any atom is -0.462 e. The van der Waals surface area contributed by atoms with Gasteiger partial charge in [0.05, 0.1) is 13.2 Å². The Kier molecular flexibility index (Phi) is 48.4. The molecule has 0 heterocycles. The molecule has 0 amide bonds. The second-order valence-electron chi connectivity index (χ2n) is 17.0. The number of rotatable bonds is 48. The van der Waals surface area contributed by atoms with Crippen molar-refractivity contribution < 1.29 is 37.6 Å². The van der Waals surface area contributed by atoms with Crippen molar-refractivity contribution in [3.8, 4) is 0 Å². The van der Waals surface area contributed by atoms with Crippen LogP contribution in [0.25, 0.3) is 0 Å². The highest BCUT2D eigenvalue weighted by molar-refractivity contribution is 7.47. The molecule has 0 radical (unpaired) electrons. The van der Waals surface area contributed by atoms with Gasteiger partial charge in [-0.15, -0.1) is 0 Å². The number of carbonyl (C=O) groups excluding carboxylic acids is 2. The fourth-order valence-corrected chi connectivity index (χ4v) is 7.69. The van der Waals surface area contributed by atoms with Crippen molar-refractivity contribution in [3.05, 3.63) is 85.1 Å². The molecular formula is C55H96NO8P. The highest BCUT2D eigenvalue weighted by Gasteiger charge is 2.26. The summed E-state index contributed by atoms with van der Waals surface area (Å²) in [4.78, 5) is 35.1. The average Bonchev–Trinajstić information content (AvgIpc) is 3.30. The lowest BCUT2D eigenvalue weighted by molar-refractivity contribution is -0.161. The first-order chi connectivity index (χ1) is 31.8. The van der Waals surface area contributed by atoms with E-state index in [9.17, 15) is 19.0 Å². The lowest BCUT2D eigenvalue weighted by atomic mass is 10.1. The maximum Gasteiger partial charge on any atom is 0.472 e. The molecule has 0 aromatic carbocycles. The van der Waals surface area contributed by atoms with E-state index < -0.39 is 32.5 Å². The molecule has 10 heteroatoms. The molecular weight excluding hydrogens is 834 g/mol. The third kappa shape index (κ3) is 50.4. The fraction of sp³-hybridized carbons (Fsp3) is 0.709. The van der Waals surface area contributed by atoms with Gasteiger partial charge in [-0.25, -0.2) is 4.57 Å². The summed E-state index contributed by atoms with van der Waals surface area (Å²) >= 11 is 0. The van der Waals surface area contributed by atoms with Crippen LogP contribution in [0.5, 0.6) is 0 Å². The molecule has 0 aliphatic heterocycles. The summed E-state index contributed by atoms with van der Waals surface area (Å²) in [5, 5.41) is 0. The van der Waals surface area contributed by atoms with Crippen molar-refractivity contribution in [2.24, 2.45) is 5.73 Å². The van der Waals surface area contributed by atoms with E-state index >= 15 is 0 Å². The Morgan fingerprint density at radius 3 is 1.26 bits per heavy atom. The first-order valence-corrected chi connectivity index (χ1v) is 27.6. The quantitative estimate of drug-likeness (QED) is 0.0265. The minimum atomic E-state index is -4.39. The van der Waals surface area contributed by atoms with Crippen molar-refractivity contribution in [2.45, 2.75) is 225 Å². The summed E-state index contributed by atoms with van der Waals surface area (Å²) in [7, 11) is -4.39. The predicted molar refractivity (Wildman–Crippen MR) is 275 cm³/mol. The van der Waals surface area contributed by atoms with Gasteiger partial charge in [0.2, 0.25) is 0 Å². The zero-order valence-electron chi connectivity index (χ0n) is 41.4. The number of esters is 2. The monoisotopic (exact) mass is 930 g/mol. The average molecular weight is 930 g/mol. The fourth-order valence-electron chi connectivity index (χ4n) is 6.93. The van der Waals surface area contributed by atoms with E-state index in [1.54, 1.807) is 0 Å². The molecule has 0 fully saturated rings. The van der Waals surface area contributed by atoms with E-state index in [1.807, 2.05) is 0 Å². The van der Waals surface area contributed by atoms with Crippen molar-refractivity contribution in [3.63, 3.8) is 0 Å². The second-order valence-corrected chi connectivity index (χ2v) is 18.5. The van der Waals surface area contributed by atoms with Crippen molar-refractivity contribution in [1.29, 1.82) is 0 Å². The lowest BCUT2D eigenvalue weighted by Crippen LogP contribution is -2.29. The molecule has 0 rings (SSSR count). The summed E-state index contributed by atoms with van der Waals surface area (Å²) in [6.45, 7) is 3.60. The molecule has 0 spiro atoms. The van der Waals surface area contributed by atoms with Gasteiger partial charge in [0.1, 0.15) is 6.61 Å². The molecule has 374 valence electrons. The van der Waals surface area contributed by atoms with E-state index in [-0.39, 0.29) is 32.6 Å². The van der Waals surface area contributed by atoms with E-state index in [0.29, 0.717) is 6.42 Å². The Morgan fingerprint density at radius 2 is 0.846 bits per heavy atom. The third-order valence-corrected chi connectivity index (χ3v) is 11.7. The van der Waals surface area contributed by atoms with Crippen molar-refractivity contribution in [2.75, 3.05) is 26.4 Å². The molecule has 2 unspecified atom stereocenters. The smallest absolute Gasteiger partial charge is 0.462 e. The molecule has 0 saturated heterocycles. The number of ether oxygens (including phenoxy) is 2. The van der Waals surface area contributed by atoms with Crippen molar-refractivity contribution in [1.82, 2.24) is 0 Å². The number of unbranched alkanes of at least 4 members (excludes halogenated alkanes) is 21. The predicted octanol–water partition coefficient (Wildman–Crippen LogP) is 16.0. The molecule has 0 saturated carbocycles.